The van der Waals surface area contributed by atoms with Gasteiger partial charge in [0.05, 0.1) is 6.20 Å². The molecule has 4 heteroatoms. The molecule has 1 aromatic rings. The molecule has 0 aromatic carbocycles. The molecule has 21 heavy (non-hydrogen) atoms. The zero-order valence-electron chi connectivity index (χ0n) is 14.6. The molecule has 2 heterocycles. The summed E-state index contributed by atoms with van der Waals surface area (Å²) in [6.07, 6.45) is 4.55. The van der Waals surface area contributed by atoms with Gasteiger partial charge in [0.25, 0.3) is 0 Å². The first-order valence-electron chi connectivity index (χ1n) is 8.26. The van der Waals surface area contributed by atoms with Gasteiger partial charge in [0, 0.05) is 35.3 Å². The molecule has 120 valence electrons. The van der Waals surface area contributed by atoms with Crippen molar-refractivity contribution < 1.29 is 0 Å². The minimum atomic E-state index is 0.133. The minimum absolute atomic E-state index is 0.133. The van der Waals surface area contributed by atoms with Gasteiger partial charge in [-0.15, -0.1) is 0 Å². The molecule has 0 radical (unpaired) electrons. The second-order valence-corrected chi connectivity index (χ2v) is 7.80. The SMILES string of the molecule is CC(C)N1CCC(N(C)Cc2cn[nH]c2C(C)(C)C)CC1. The van der Waals surface area contributed by atoms with Gasteiger partial charge in [-0.2, -0.15) is 5.10 Å². The lowest BCUT2D eigenvalue weighted by Gasteiger charge is -2.38. The van der Waals surface area contributed by atoms with Crippen LogP contribution < -0.4 is 0 Å². The Bertz CT molecular complexity index is 436. The fraction of sp³-hybridized carbons (Fsp3) is 0.824. The van der Waals surface area contributed by atoms with Gasteiger partial charge in [-0.3, -0.25) is 10.00 Å². The van der Waals surface area contributed by atoms with Gasteiger partial charge >= 0.3 is 0 Å². The Balaban J connectivity index is 1.94. The van der Waals surface area contributed by atoms with Crippen molar-refractivity contribution in [2.24, 2.45) is 0 Å². The zero-order chi connectivity index (χ0) is 15.6. The fourth-order valence-corrected chi connectivity index (χ4v) is 3.32. The molecule has 0 amide bonds. The molecule has 4 nitrogen and oxygen atoms in total. The number of nitrogens with zero attached hydrogens (tertiary/aromatic N) is 3. The standard InChI is InChI=1S/C17H32N4/c1-13(2)21-9-7-15(8-10-21)20(6)12-14-11-18-19-16(14)17(3,4)5/h11,13,15H,7-10,12H2,1-6H3,(H,18,19). The summed E-state index contributed by atoms with van der Waals surface area (Å²) in [5, 5.41) is 7.45. The summed E-state index contributed by atoms with van der Waals surface area (Å²) in [5.74, 6) is 0. The molecule has 1 fully saturated rings. The van der Waals surface area contributed by atoms with Crippen molar-refractivity contribution >= 4 is 0 Å². The largest absolute Gasteiger partial charge is 0.301 e. The summed E-state index contributed by atoms with van der Waals surface area (Å²) >= 11 is 0. The average Bonchev–Trinajstić information content (AvgIpc) is 2.87. The summed E-state index contributed by atoms with van der Waals surface area (Å²) in [5.41, 5.74) is 2.75. The maximum atomic E-state index is 4.26. The molecule has 1 N–H and O–H groups in total. The Kier molecular flexibility index (Phi) is 5.10. The maximum Gasteiger partial charge on any atom is 0.0535 e. The van der Waals surface area contributed by atoms with Crippen LogP contribution in [0.3, 0.4) is 0 Å². The molecule has 0 unspecified atom stereocenters. The second-order valence-electron chi connectivity index (χ2n) is 7.80. The molecule has 0 bridgehead atoms. The Morgan fingerprint density at radius 2 is 1.95 bits per heavy atom. The van der Waals surface area contributed by atoms with Crippen molar-refractivity contribution in [3.8, 4) is 0 Å². The number of piperidine rings is 1. The fourth-order valence-electron chi connectivity index (χ4n) is 3.32. The number of rotatable bonds is 4. The van der Waals surface area contributed by atoms with E-state index in [1.165, 1.54) is 37.2 Å². The molecule has 2 rings (SSSR count). The van der Waals surface area contributed by atoms with Crippen LogP contribution in [0.25, 0.3) is 0 Å². The minimum Gasteiger partial charge on any atom is -0.301 e. The van der Waals surface area contributed by atoms with E-state index < -0.39 is 0 Å². The highest BCUT2D eigenvalue weighted by molar-refractivity contribution is 5.23. The highest BCUT2D eigenvalue weighted by Gasteiger charge is 2.26. The monoisotopic (exact) mass is 292 g/mol. The normalized spacial score (nSPS) is 18.9. The number of nitrogens with one attached hydrogen (secondary N) is 1. The Morgan fingerprint density at radius 1 is 1.33 bits per heavy atom. The van der Waals surface area contributed by atoms with Crippen LogP contribution in [-0.4, -0.2) is 52.2 Å². The summed E-state index contributed by atoms with van der Waals surface area (Å²) in [7, 11) is 2.26. The van der Waals surface area contributed by atoms with Crippen molar-refractivity contribution in [3.63, 3.8) is 0 Å². The van der Waals surface area contributed by atoms with Crippen LogP contribution >= 0.6 is 0 Å². The van der Waals surface area contributed by atoms with Crippen LogP contribution in [0.5, 0.6) is 0 Å². The molecule has 1 aliphatic heterocycles. The summed E-state index contributed by atoms with van der Waals surface area (Å²) in [4.78, 5) is 5.10. The van der Waals surface area contributed by atoms with Gasteiger partial charge in [-0.25, -0.2) is 0 Å². The third-order valence-electron chi connectivity index (χ3n) is 4.74. The molecular formula is C17H32N4. The molecular weight excluding hydrogens is 260 g/mol. The average molecular weight is 292 g/mol. The molecule has 0 spiro atoms. The number of H-pyrrole nitrogens is 1. The highest BCUT2D eigenvalue weighted by atomic mass is 15.2. The molecule has 0 atom stereocenters. The van der Waals surface area contributed by atoms with Gasteiger partial charge < -0.3 is 4.90 Å². The van der Waals surface area contributed by atoms with Crippen LogP contribution in [0, 0.1) is 0 Å². The van der Waals surface area contributed by atoms with E-state index in [1.54, 1.807) is 0 Å². The number of aromatic amines is 1. The Hall–Kier alpha value is -0.870. The predicted molar refractivity (Wildman–Crippen MR) is 88.5 cm³/mol. The van der Waals surface area contributed by atoms with Crippen LogP contribution in [0.1, 0.15) is 58.7 Å². The number of hydrogen-bond donors (Lipinski definition) is 1. The van der Waals surface area contributed by atoms with Gasteiger partial charge in [-0.1, -0.05) is 20.8 Å². The smallest absolute Gasteiger partial charge is 0.0535 e. The van der Waals surface area contributed by atoms with Crippen molar-refractivity contribution in [1.82, 2.24) is 20.0 Å². The third kappa shape index (κ3) is 4.07. The summed E-state index contributed by atoms with van der Waals surface area (Å²) < 4.78 is 0. The maximum absolute atomic E-state index is 4.26. The number of likely N-dealkylation sites (tertiary alicyclic amines) is 1. The van der Waals surface area contributed by atoms with Gasteiger partial charge in [0.1, 0.15) is 0 Å². The van der Waals surface area contributed by atoms with Crippen molar-refractivity contribution in [2.45, 2.75) is 71.5 Å². The van der Waals surface area contributed by atoms with Gasteiger partial charge in [-0.05, 0) is 46.8 Å². The summed E-state index contributed by atoms with van der Waals surface area (Å²) in [6.45, 7) is 14.8. The van der Waals surface area contributed by atoms with E-state index in [-0.39, 0.29) is 5.41 Å². The van der Waals surface area contributed by atoms with Crippen molar-refractivity contribution in [2.75, 3.05) is 20.1 Å². The quantitative estimate of drug-likeness (QED) is 0.926. The first kappa shape index (κ1) is 16.5. The van der Waals surface area contributed by atoms with E-state index in [0.717, 1.165) is 6.54 Å². The van der Waals surface area contributed by atoms with E-state index in [2.05, 4.69) is 61.7 Å². The first-order chi connectivity index (χ1) is 9.79. The van der Waals surface area contributed by atoms with E-state index in [0.29, 0.717) is 12.1 Å². The molecule has 1 aromatic heterocycles. The van der Waals surface area contributed by atoms with Crippen LogP contribution in [0.15, 0.2) is 6.20 Å². The predicted octanol–water partition coefficient (Wildman–Crippen LogP) is 3.01. The van der Waals surface area contributed by atoms with E-state index in [4.69, 9.17) is 0 Å². The van der Waals surface area contributed by atoms with Crippen LogP contribution in [0.2, 0.25) is 0 Å². The van der Waals surface area contributed by atoms with E-state index in [1.807, 2.05) is 6.20 Å². The van der Waals surface area contributed by atoms with Gasteiger partial charge in [0.2, 0.25) is 0 Å². The Labute approximate surface area is 129 Å². The van der Waals surface area contributed by atoms with Crippen LogP contribution in [0.4, 0.5) is 0 Å². The lowest BCUT2D eigenvalue weighted by atomic mass is 9.89. The van der Waals surface area contributed by atoms with E-state index >= 15 is 0 Å². The molecule has 1 aliphatic rings. The second kappa shape index (κ2) is 6.49. The first-order valence-corrected chi connectivity index (χ1v) is 8.26. The van der Waals surface area contributed by atoms with E-state index in [9.17, 15) is 0 Å². The summed E-state index contributed by atoms with van der Waals surface area (Å²) in [6, 6.07) is 1.38. The lowest BCUT2D eigenvalue weighted by molar-refractivity contribution is 0.104. The van der Waals surface area contributed by atoms with Crippen molar-refractivity contribution in [3.05, 3.63) is 17.5 Å². The number of hydrogen-bond acceptors (Lipinski definition) is 3. The number of aromatic nitrogens is 2. The third-order valence-corrected chi connectivity index (χ3v) is 4.74. The highest BCUT2D eigenvalue weighted by Crippen LogP contribution is 2.26. The zero-order valence-corrected chi connectivity index (χ0v) is 14.6. The topological polar surface area (TPSA) is 35.2 Å². The Morgan fingerprint density at radius 3 is 2.48 bits per heavy atom. The molecule has 0 aliphatic carbocycles. The lowest BCUT2D eigenvalue weighted by Crippen LogP contribution is -2.45. The van der Waals surface area contributed by atoms with Crippen molar-refractivity contribution in [1.29, 1.82) is 0 Å². The molecule has 0 saturated carbocycles. The van der Waals surface area contributed by atoms with Gasteiger partial charge in [0.15, 0.2) is 0 Å². The van der Waals surface area contributed by atoms with Crippen LogP contribution in [-0.2, 0) is 12.0 Å². The molecule has 1 saturated heterocycles.